The first kappa shape index (κ1) is 121. The molecule has 0 bridgehead atoms. The Morgan fingerprint density at radius 1 is 0.190 bits per heavy atom. The van der Waals surface area contributed by atoms with E-state index in [1.54, 1.807) is 0 Å². The third-order valence-corrected chi connectivity index (χ3v) is 27.0. The van der Waals surface area contributed by atoms with Crippen LogP contribution in [0.15, 0.2) is 0 Å². The third kappa shape index (κ3) is 26.8. The highest BCUT2D eigenvalue weighted by Gasteiger charge is 2.64. The number of carbonyl (C=O) groups excluding carboxylic acids is 5. The average molecular weight is 2150 g/mol. The number of ether oxygens (including phenoxy) is 23. The van der Waals surface area contributed by atoms with Crippen LogP contribution in [-0.4, -0.2) is 634 Å². The van der Waals surface area contributed by atoms with Crippen LogP contribution >= 0.6 is 0 Å². The molecular formula is C82H137N5O60. The van der Waals surface area contributed by atoms with Crippen LogP contribution in [0.1, 0.15) is 41.5 Å². The Kier molecular flexibility index (Phi) is 43.4. The number of amides is 5. The van der Waals surface area contributed by atoms with Gasteiger partial charge in [0.15, 0.2) is 75.5 Å². The number of hydrogen-bond acceptors (Lipinski definition) is 60. The van der Waals surface area contributed by atoms with Crippen molar-refractivity contribution in [1.29, 1.82) is 0 Å². The van der Waals surface area contributed by atoms with Gasteiger partial charge in [-0.1, -0.05) is 0 Å². The summed E-state index contributed by atoms with van der Waals surface area (Å²) in [4.78, 5) is 65.2. The largest absolute Gasteiger partial charge is 0.394 e. The first-order valence-electron chi connectivity index (χ1n) is 47.0. The summed E-state index contributed by atoms with van der Waals surface area (Å²) in [5, 5.41) is 373. The van der Waals surface area contributed by atoms with Gasteiger partial charge in [0.25, 0.3) is 0 Å². The molecule has 0 aromatic heterocycles. The van der Waals surface area contributed by atoms with Gasteiger partial charge in [-0.05, 0) is 6.92 Å². The van der Waals surface area contributed by atoms with Crippen LogP contribution in [0.2, 0.25) is 0 Å². The van der Waals surface area contributed by atoms with E-state index in [-0.39, 0.29) is 0 Å². The Labute approximate surface area is 832 Å². The molecule has 12 fully saturated rings. The van der Waals surface area contributed by atoms with Crippen molar-refractivity contribution in [3.05, 3.63) is 0 Å². The van der Waals surface area contributed by atoms with E-state index in [0.29, 0.717) is 0 Å². The van der Waals surface area contributed by atoms with Crippen LogP contribution in [0.5, 0.6) is 0 Å². The lowest BCUT2D eigenvalue weighted by atomic mass is 9.93. The molecule has 0 radical (unpaired) electrons. The minimum Gasteiger partial charge on any atom is -0.394 e. The quantitative estimate of drug-likeness (QED) is 0.0273. The minimum absolute atomic E-state index is 0.862. The molecule has 12 heterocycles. The summed E-state index contributed by atoms with van der Waals surface area (Å²) in [5.41, 5.74) is 0. The zero-order valence-electron chi connectivity index (χ0n) is 79.2. The number of hydrogen-bond donors (Lipinski definition) is 37. The highest BCUT2D eigenvalue weighted by atomic mass is 16.8. The van der Waals surface area contributed by atoms with Crippen molar-refractivity contribution in [2.45, 2.75) is 410 Å². The van der Waals surface area contributed by atoms with E-state index in [4.69, 9.17) is 109 Å². The maximum Gasteiger partial charge on any atom is 0.217 e. The van der Waals surface area contributed by atoms with Crippen LogP contribution in [0, 0.1) is 0 Å². The molecule has 850 valence electrons. The fraction of sp³-hybridized carbons (Fsp3) is 0.939. The molecule has 1 unspecified atom stereocenters. The number of rotatable bonds is 38. The highest BCUT2D eigenvalue weighted by molar-refractivity contribution is 5.75. The van der Waals surface area contributed by atoms with Crippen LogP contribution in [0.25, 0.3) is 0 Å². The minimum atomic E-state index is -2.71. The van der Waals surface area contributed by atoms with Crippen LogP contribution in [0.3, 0.4) is 0 Å². The first-order chi connectivity index (χ1) is 69.5. The van der Waals surface area contributed by atoms with Gasteiger partial charge in [0.05, 0.1) is 78.8 Å². The lowest BCUT2D eigenvalue weighted by molar-refractivity contribution is -0.400. The molecule has 12 saturated heterocycles. The maximum atomic E-state index is 13.4. The molecule has 0 aliphatic carbocycles. The zero-order valence-corrected chi connectivity index (χ0v) is 79.2. The van der Waals surface area contributed by atoms with Gasteiger partial charge in [0, 0.05) is 34.6 Å². The summed E-state index contributed by atoms with van der Waals surface area (Å²) < 4.78 is 137. The molecule has 0 spiro atoms. The molecule has 147 heavy (non-hydrogen) atoms. The van der Waals surface area contributed by atoms with Gasteiger partial charge >= 0.3 is 0 Å². The number of aliphatic hydroxyl groups excluding tert-OH is 32. The first-order valence-corrected chi connectivity index (χ1v) is 47.0. The summed E-state index contributed by atoms with van der Waals surface area (Å²) in [6, 6.07) is -9.90. The molecule has 65 heteroatoms. The normalized spacial score (nSPS) is 49.6. The van der Waals surface area contributed by atoms with Crippen LogP contribution in [-0.2, 0) is 133 Å². The molecule has 0 aromatic carbocycles. The lowest BCUT2D eigenvalue weighted by Crippen LogP contribution is -2.71. The lowest BCUT2D eigenvalue weighted by Gasteiger charge is -2.51. The van der Waals surface area contributed by atoms with E-state index in [2.05, 4.69) is 26.6 Å². The summed E-state index contributed by atoms with van der Waals surface area (Å²) in [6.45, 7) is -6.79. The van der Waals surface area contributed by atoms with Crippen molar-refractivity contribution in [1.82, 2.24) is 26.6 Å². The van der Waals surface area contributed by atoms with Crippen molar-refractivity contribution in [3.8, 4) is 0 Å². The Bertz CT molecular complexity index is 4110. The Morgan fingerprint density at radius 3 is 0.762 bits per heavy atom. The van der Waals surface area contributed by atoms with Gasteiger partial charge < -0.3 is 299 Å². The second kappa shape index (κ2) is 52.8. The van der Waals surface area contributed by atoms with E-state index in [1.807, 2.05) is 0 Å². The number of aliphatic hydroxyl groups is 32. The van der Waals surface area contributed by atoms with Gasteiger partial charge in [-0.3, -0.25) is 24.0 Å². The smallest absolute Gasteiger partial charge is 0.217 e. The van der Waals surface area contributed by atoms with Crippen molar-refractivity contribution < 1.29 is 296 Å². The fourth-order valence-corrected chi connectivity index (χ4v) is 19.2. The molecule has 12 aliphatic heterocycles. The monoisotopic (exact) mass is 2150 g/mol. The standard InChI is InChI=1S/C82H137N5O60/c1-18-40(102)52(114)57(119)76(127-18)125-17-34-66(47(109)35(71(124)128-34)83-19(2)97)139-72-36(84-20(3)98)48(110)65(31(14-95)134-72)143-80-61(123)68(46(108)33(138-80)16-126-81-69(55(117)43(105)26(9-90)132-81)146-74-38(86-22(5)100)50(112)63(30(13-94)136-74)141-78-59(121)54(116)42(104)25(8-89)130-78)145-82-70(56(118)44(106)27(10-91)133-82)147-75-39(87-23(6)101)51(113)64(32(15-96)137-75)142-79-60(122)67(45(107)28(11-92)131-79)144-73-37(85-21(4)99)49(111)62(29(12-93)135-73)140-77-58(120)53(115)41(103)24(7-88)129-77/h18,24-82,88-96,102-124H,7-17H2,1-6H3,(H,83,97)(H,84,98)(H,85,99)(H,86,100)(H,87,101)/t18-,24+,25+,26+,27+,28+,29+,30+,31+,32+,33+,34+,35+,36+,37+,38+,39+,40+,41-,42-,43+,44+,45-,46+,47+,48+,49+,50+,51+,52+,53-,54-,55-,56-,57-,58+,59+,60+,61-,62+,63+,64+,65+,66+,67-,68-,69-,70-,71?,72-,73-,74-,75-,76+,77-,78-,79-,80-,81-,82+/m0/s1. The molecule has 0 aromatic rings. The summed E-state index contributed by atoms with van der Waals surface area (Å²) in [6.07, 6.45) is -117. The number of carbonyl (C=O) groups is 5. The molecule has 60 atom stereocenters. The van der Waals surface area contributed by atoms with Crippen LogP contribution < -0.4 is 26.6 Å². The SMILES string of the molecule is CC(=O)N[C@H]1[C@H](O[C@H]2[C@H](O)[C@@H](NC(C)=O)C(O)O[C@@H]2CO[C@@H]2O[C@@H](C)[C@@H](O)[C@@H](O)[C@@H]2O)O[C@H](CO)[C@@H](O[C@@H]2O[C@H](CO[C@H]3O[C@H](CO)[C@@H](O)[C@H](O)[C@@H]3O[C@@H]3O[C@H](CO)[C@@H](O[C@@H]4O[C@H](CO)[C@H](O)[C@H](O)[C@H]4O)[C@H](O)[C@H]3NC(C)=O)[C@@H](O)[C@H](O[C@H]3O[C@H](CO)[C@@H](O)[C@H](O)[C@@H]3O[C@@H]3O[C@H](CO)[C@@H](O[C@@H]4O[C@H](CO)[C@H](O)[C@H](O[C@@H]5O[C@H](CO)[C@@H](O[C@@H]6O[C@H](CO)[C@H](O)[C@H](O)[C@H]6O)[C@H](O)[C@H]5NC(C)=O)[C@H]4O)[C@H](O)[C@H]3NC(C)=O)[C@@H]2O)[C@@H]1O. The average Bonchev–Trinajstić information content (AvgIpc) is 0.762. The van der Waals surface area contributed by atoms with Gasteiger partial charge in [-0.15, -0.1) is 0 Å². The summed E-state index contributed by atoms with van der Waals surface area (Å²) >= 11 is 0. The molecule has 12 rings (SSSR count). The Morgan fingerprint density at radius 2 is 0.415 bits per heavy atom. The van der Waals surface area contributed by atoms with Gasteiger partial charge in [0.1, 0.15) is 287 Å². The second-order valence-electron chi connectivity index (χ2n) is 37.3. The predicted molar refractivity (Wildman–Crippen MR) is 452 cm³/mol. The van der Waals surface area contributed by atoms with E-state index in [0.717, 1.165) is 34.6 Å². The van der Waals surface area contributed by atoms with Gasteiger partial charge in [0.2, 0.25) is 29.5 Å². The van der Waals surface area contributed by atoms with Crippen molar-refractivity contribution in [2.24, 2.45) is 0 Å². The van der Waals surface area contributed by atoms with Gasteiger partial charge in [-0.25, -0.2) is 0 Å². The maximum absolute atomic E-state index is 13.4. The Balaban J connectivity index is 0.850. The molecular weight excluding hydrogens is 2010 g/mol. The molecule has 65 nitrogen and oxygen atoms in total. The van der Waals surface area contributed by atoms with E-state index < -0.39 is 470 Å². The predicted octanol–water partition coefficient (Wildman–Crippen LogP) is -25.4. The molecule has 37 N–H and O–H groups in total. The highest BCUT2D eigenvalue weighted by Crippen LogP contribution is 2.43. The number of nitrogens with one attached hydrogen (secondary N) is 5. The Hall–Kier alpha value is -4.85. The molecule has 12 aliphatic rings. The molecule has 5 amide bonds. The van der Waals surface area contributed by atoms with E-state index >= 15 is 0 Å². The van der Waals surface area contributed by atoms with Gasteiger partial charge in [-0.2, -0.15) is 0 Å². The topological polar surface area (TPSA) is 1010 Å². The zero-order chi connectivity index (χ0) is 108. The van der Waals surface area contributed by atoms with Crippen molar-refractivity contribution in [3.63, 3.8) is 0 Å². The molecule has 0 saturated carbocycles. The van der Waals surface area contributed by atoms with Crippen LogP contribution in [0.4, 0.5) is 0 Å². The van der Waals surface area contributed by atoms with Crippen molar-refractivity contribution in [2.75, 3.05) is 72.7 Å². The van der Waals surface area contributed by atoms with Crippen molar-refractivity contribution >= 4 is 29.5 Å². The van der Waals surface area contributed by atoms with E-state index in [1.165, 1.54) is 6.92 Å². The summed E-state index contributed by atoms with van der Waals surface area (Å²) in [5.74, 6) is -4.89. The second-order valence-corrected chi connectivity index (χ2v) is 37.3. The summed E-state index contributed by atoms with van der Waals surface area (Å²) in [7, 11) is 0. The fourth-order valence-electron chi connectivity index (χ4n) is 19.2. The third-order valence-electron chi connectivity index (χ3n) is 27.0. The van der Waals surface area contributed by atoms with E-state index in [9.17, 15) is 187 Å².